The molecule has 0 unspecified atom stereocenters. The van der Waals surface area contributed by atoms with E-state index in [-0.39, 0.29) is 5.78 Å². The number of allylic oxidation sites excluding steroid dienone is 10. The monoisotopic (exact) mass is 287 g/mol. The second kappa shape index (κ2) is 6.72. The Morgan fingerprint density at radius 3 is 2.32 bits per heavy atom. The van der Waals surface area contributed by atoms with Gasteiger partial charge in [-0.25, -0.2) is 0 Å². The van der Waals surface area contributed by atoms with Crippen molar-refractivity contribution in [3.05, 3.63) is 108 Å². The summed E-state index contributed by atoms with van der Waals surface area (Å²) in [5.41, 5.74) is 3.06. The lowest BCUT2D eigenvalue weighted by molar-refractivity contribution is -0.111. The molecule has 0 fully saturated rings. The van der Waals surface area contributed by atoms with E-state index in [4.69, 9.17) is 0 Å². The van der Waals surface area contributed by atoms with Crippen LogP contribution in [0.1, 0.15) is 5.56 Å². The largest absolute Gasteiger partial charge is 0.350 e. The van der Waals surface area contributed by atoms with Crippen LogP contribution in [0.5, 0.6) is 0 Å². The van der Waals surface area contributed by atoms with Gasteiger partial charge in [-0.3, -0.25) is 4.79 Å². The molecule has 0 atom stereocenters. The molecule has 0 N–H and O–H groups in total. The van der Waals surface area contributed by atoms with Gasteiger partial charge >= 0.3 is 0 Å². The third-order valence-electron chi connectivity index (χ3n) is 3.50. The molecule has 0 amide bonds. The molecule has 0 saturated carbocycles. The highest BCUT2D eigenvalue weighted by atomic mass is 16.1. The molecular weight excluding hydrogens is 270 g/mol. The second-order valence-electron chi connectivity index (χ2n) is 5.16. The summed E-state index contributed by atoms with van der Waals surface area (Å²) in [4.78, 5) is 13.8. The highest BCUT2D eigenvalue weighted by molar-refractivity contribution is 6.07. The van der Waals surface area contributed by atoms with E-state index >= 15 is 0 Å². The van der Waals surface area contributed by atoms with Crippen molar-refractivity contribution >= 4 is 5.78 Å². The summed E-state index contributed by atoms with van der Waals surface area (Å²) in [6, 6.07) is 10.4. The molecule has 1 aromatic rings. The molecule has 0 saturated heterocycles. The van der Waals surface area contributed by atoms with Crippen molar-refractivity contribution < 1.29 is 4.79 Å². The first kappa shape index (κ1) is 14.1. The molecule has 1 heterocycles. The fourth-order valence-corrected chi connectivity index (χ4v) is 2.28. The third kappa shape index (κ3) is 3.61. The van der Waals surface area contributed by atoms with Crippen LogP contribution in [0.15, 0.2) is 102 Å². The minimum absolute atomic E-state index is 0.0498. The third-order valence-corrected chi connectivity index (χ3v) is 3.50. The number of carbonyl (C=O) groups is 1. The normalized spacial score (nSPS) is 18.4. The Morgan fingerprint density at radius 2 is 1.59 bits per heavy atom. The molecule has 2 nitrogen and oxygen atoms in total. The average Bonchev–Trinajstić information content (AvgIpc) is 2.56. The van der Waals surface area contributed by atoms with E-state index in [0.717, 1.165) is 12.1 Å². The number of rotatable bonds is 3. The molecule has 22 heavy (non-hydrogen) atoms. The van der Waals surface area contributed by atoms with Gasteiger partial charge in [0.05, 0.1) is 0 Å². The maximum absolute atomic E-state index is 11.6. The topological polar surface area (TPSA) is 20.3 Å². The molecule has 0 radical (unpaired) electrons. The van der Waals surface area contributed by atoms with Crippen LogP contribution in [-0.2, 0) is 11.3 Å². The van der Waals surface area contributed by atoms with Gasteiger partial charge in [0.25, 0.3) is 0 Å². The van der Waals surface area contributed by atoms with E-state index in [1.54, 1.807) is 12.2 Å². The van der Waals surface area contributed by atoms with E-state index < -0.39 is 0 Å². The van der Waals surface area contributed by atoms with Gasteiger partial charge in [0.2, 0.25) is 0 Å². The van der Waals surface area contributed by atoms with Crippen LogP contribution in [-0.4, -0.2) is 10.7 Å². The Morgan fingerprint density at radius 1 is 0.864 bits per heavy atom. The number of hydrogen-bond acceptors (Lipinski definition) is 2. The van der Waals surface area contributed by atoms with Gasteiger partial charge in [0, 0.05) is 24.5 Å². The average molecular weight is 287 g/mol. The molecule has 3 rings (SSSR count). The van der Waals surface area contributed by atoms with Gasteiger partial charge < -0.3 is 4.90 Å². The molecule has 1 aliphatic heterocycles. The first-order valence-corrected chi connectivity index (χ1v) is 7.28. The van der Waals surface area contributed by atoms with Gasteiger partial charge in [0.15, 0.2) is 5.78 Å². The van der Waals surface area contributed by atoms with Crippen molar-refractivity contribution in [1.29, 1.82) is 0 Å². The van der Waals surface area contributed by atoms with Crippen LogP contribution in [0.3, 0.4) is 0 Å². The van der Waals surface area contributed by atoms with Crippen LogP contribution in [0.4, 0.5) is 0 Å². The maximum Gasteiger partial charge on any atom is 0.185 e. The zero-order valence-corrected chi connectivity index (χ0v) is 12.2. The number of carbonyl (C=O) groups excluding carboxylic acids is 1. The molecule has 1 aliphatic carbocycles. The maximum atomic E-state index is 11.6. The van der Waals surface area contributed by atoms with Gasteiger partial charge in [-0.05, 0) is 29.4 Å². The SMILES string of the molecule is O=C1C=CC=CC1=CC=C1C=CN(Cc2ccccc2)C=C1. The quantitative estimate of drug-likeness (QED) is 0.781. The fourth-order valence-electron chi connectivity index (χ4n) is 2.28. The van der Waals surface area contributed by atoms with Crippen LogP contribution >= 0.6 is 0 Å². The van der Waals surface area contributed by atoms with E-state index in [9.17, 15) is 4.79 Å². The van der Waals surface area contributed by atoms with Crippen LogP contribution in [0.2, 0.25) is 0 Å². The molecule has 0 aromatic heterocycles. The summed E-state index contributed by atoms with van der Waals surface area (Å²) in [7, 11) is 0. The van der Waals surface area contributed by atoms with E-state index in [1.165, 1.54) is 5.56 Å². The number of nitrogens with zero attached hydrogens (tertiary/aromatic N) is 1. The zero-order valence-electron chi connectivity index (χ0n) is 12.2. The summed E-state index contributed by atoms with van der Waals surface area (Å²) in [5, 5.41) is 0. The van der Waals surface area contributed by atoms with Gasteiger partial charge in [-0.2, -0.15) is 0 Å². The lowest BCUT2D eigenvalue weighted by Gasteiger charge is -2.18. The van der Waals surface area contributed by atoms with Crippen LogP contribution < -0.4 is 0 Å². The van der Waals surface area contributed by atoms with Gasteiger partial charge in [0.1, 0.15) is 0 Å². The fraction of sp³-hybridized carbons (Fsp3) is 0.0500. The Kier molecular flexibility index (Phi) is 4.30. The number of ketones is 1. The van der Waals surface area contributed by atoms with Crippen LogP contribution in [0.25, 0.3) is 0 Å². The first-order valence-electron chi connectivity index (χ1n) is 7.28. The highest BCUT2D eigenvalue weighted by Crippen LogP contribution is 2.14. The van der Waals surface area contributed by atoms with Gasteiger partial charge in [-0.1, -0.05) is 60.7 Å². The van der Waals surface area contributed by atoms with Crippen molar-refractivity contribution in [2.45, 2.75) is 6.54 Å². The Bertz CT molecular complexity index is 714. The Labute approximate surface area is 130 Å². The van der Waals surface area contributed by atoms with Crippen molar-refractivity contribution in [3.63, 3.8) is 0 Å². The van der Waals surface area contributed by atoms with Crippen LogP contribution in [0, 0.1) is 0 Å². The lowest BCUT2D eigenvalue weighted by Crippen LogP contribution is -2.11. The summed E-state index contributed by atoms with van der Waals surface area (Å²) < 4.78 is 0. The molecule has 0 bridgehead atoms. The van der Waals surface area contributed by atoms with Crippen molar-refractivity contribution in [1.82, 2.24) is 4.90 Å². The Balaban J connectivity index is 1.64. The zero-order chi connectivity index (χ0) is 15.2. The molecule has 1 aromatic carbocycles. The number of benzene rings is 1. The molecule has 0 spiro atoms. The molecule has 108 valence electrons. The van der Waals surface area contributed by atoms with Crippen molar-refractivity contribution in [2.24, 2.45) is 0 Å². The molecule has 2 aliphatic rings. The van der Waals surface area contributed by atoms with Crippen molar-refractivity contribution in [2.75, 3.05) is 0 Å². The predicted octanol–water partition coefficient (Wildman–Crippen LogP) is 4.08. The minimum Gasteiger partial charge on any atom is -0.350 e. The molecular formula is C20H17NO. The van der Waals surface area contributed by atoms with E-state index in [1.807, 2.05) is 54.7 Å². The Hall–Kier alpha value is -2.87. The predicted molar refractivity (Wildman–Crippen MR) is 89.7 cm³/mol. The minimum atomic E-state index is 0.0498. The number of hydrogen-bond donors (Lipinski definition) is 0. The first-order chi connectivity index (χ1) is 10.8. The summed E-state index contributed by atoms with van der Waals surface area (Å²) in [5.74, 6) is 0.0498. The highest BCUT2D eigenvalue weighted by Gasteiger charge is 2.04. The second-order valence-corrected chi connectivity index (χ2v) is 5.16. The summed E-state index contributed by atoms with van der Waals surface area (Å²) in [6.07, 6.45) is 19.1. The standard InChI is InChI=1S/C20H17NO/c22-20-9-5-4-8-19(20)11-10-17-12-14-21(15-13-17)16-18-6-2-1-3-7-18/h1-15H,16H2. The summed E-state index contributed by atoms with van der Waals surface area (Å²) >= 11 is 0. The van der Waals surface area contributed by atoms with E-state index in [2.05, 4.69) is 29.4 Å². The van der Waals surface area contributed by atoms with E-state index in [0.29, 0.717) is 5.57 Å². The lowest BCUT2D eigenvalue weighted by atomic mass is 10.0. The van der Waals surface area contributed by atoms with Crippen molar-refractivity contribution in [3.8, 4) is 0 Å². The van der Waals surface area contributed by atoms with Gasteiger partial charge in [-0.15, -0.1) is 0 Å². The molecule has 2 heteroatoms. The summed E-state index contributed by atoms with van der Waals surface area (Å²) in [6.45, 7) is 0.855. The smallest absolute Gasteiger partial charge is 0.185 e.